The second kappa shape index (κ2) is 6.24. The molecule has 0 aromatic heterocycles. The van der Waals surface area contributed by atoms with E-state index in [9.17, 15) is 4.79 Å². The van der Waals surface area contributed by atoms with Crippen molar-refractivity contribution in [3.63, 3.8) is 0 Å². The first-order valence-corrected chi connectivity index (χ1v) is 6.44. The van der Waals surface area contributed by atoms with Gasteiger partial charge in [-0.15, -0.1) is 0 Å². The molecule has 16 heavy (non-hydrogen) atoms. The fourth-order valence-electron chi connectivity index (χ4n) is 2.42. The van der Waals surface area contributed by atoms with E-state index in [1.165, 1.54) is 12.8 Å². The molecule has 1 amide bonds. The van der Waals surface area contributed by atoms with Gasteiger partial charge in [0.15, 0.2) is 0 Å². The molecule has 0 unspecified atom stereocenters. The number of carbonyl (C=O) groups is 1. The minimum Gasteiger partial charge on any atom is -0.369 e. The van der Waals surface area contributed by atoms with Crippen LogP contribution < -0.4 is 0 Å². The van der Waals surface area contributed by atoms with Gasteiger partial charge in [0.2, 0.25) is 0 Å². The summed E-state index contributed by atoms with van der Waals surface area (Å²) in [6, 6.07) is 0.423. The molecule has 1 rings (SSSR count). The Kier molecular flexibility index (Phi) is 5.26. The molecule has 0 N–H and O–H groups in total. The Labute approximate surface area is 99.1 Å². The van der Waals surface area contributed by atoms with E-state index in [1.54, 1.807) is 0 Å². The summed E-state index contributed by atoms with van der Waals surface area (Å²) < 4.78 is 5.35. The van der Waals surface area contributed by atoms with Crippen LogP contribution in [-0.4, -0.2) is 36.6 Å². The first-order valence-electron chi connectivity index (χ1n) is 6.44. The van der Waals surface area contributed by atoms with Gasteiger partial charge in [-0.1, -0.05) is 6.92 Å². The van der Waals surface area contributed by atoms with E-state index in [1.807, 2.05) is 25.8 Å². The summed E-state index contributed by atoms with van der Waals surface area (Å²) in [6.07, 6.45) is 4.47. The highest BCUT2D eigenvalue weighted by Gasteiger charge is 2.27. The molecule has 0 heterocycles. The summed E-state index contributed by atoms with van der Waals surface area (Å²) >= 11 is 0. The maximum absolute atomic E-state index is 12.0. The number of nitrogens with zero attached hydrogens (tertiary/aromatic N) is 1. The molecule has 1 fully saturated rings. The lowest BCUT2D eigenvalue weighted by molar-refractivity contribution is -0.143. The van der Waals surface area contributed by atoms with Gasteiger partial charge in [-0.2, -0.15) is 0 Å². The largest absolute Gasteiger partial charge is 0.369 e. The van der Waals surface area contributed by atoms with Gasteiger partial charge in [0.25, 0.3) is 5.91 Å². The van der Waals surface area contributed by atoms with Crippen LogP contribution in [0.5, 0.6) is 0 Å². The molecule has 0 saturated heterocycles. The van der Waals surface area contributed by atoms with Crippen molar-refractivity contribution in [2.24, 2.45) is 5.92 Å². The highest BCUT2D eigenvalue weighted by atomic mass is 16.5. The van der Waals surface area contributed by atoms with Crippen LogP contribution in [0.2, 0.25) is 0 Å². The van der Waals surface area contributed by atoms with Crippen molar-refractivity contribution in [2.45, 2.75) is 58.6 Å². The molecular formula is C13H25NO2. The molecule has 94 valence electrons. The standard InChI is InChI=1S/C13H25NO2/c1-5-16-11(3)13(15)14(4)12-8-6-10(2)7-9-12/h10-12H,5-9H2,1-4H3/t10?,11-,12?/m0/s1. The van der Waals surface area contributed by atoms with E-state index >= 15 is 0 Å². The third kappa shape index (κ3) is 3.48. The topological polar surface area (TPSA) is 29.5 Å². The quantitative estimate of drug-likeness (QED) is 0.738. The first-order chi connectivity index (χ1) is 7.56. The van der Waals surface area contributed by atoms with Gasteiger partial charge in [-0.05, 0) is 45.4 Å². The highest BCUT2D eigenvalue weighted by molar-refractivity contribution is 5.80. The van der Waals surface area contributed by atoms with Crippen LogP contribution in [-0.2, 0) is 9.53 Å². The number of carbonyl (C=O) groups excluding carboxylic acids is 1. The van der Waals surface area contributed by atoms with Crippen molar-refractivity contribution in [3.8, 4) is 0 Å². The summed E-state index contributed by atoms with van der Waals surface area (Å²) in [4.78, 5) is 13.9. The SMILES string of the molecule is CCO[C@@H](C)C(=O)N(C)C1CCC(C)CC1. The number of hydrogen-bond donors (Lipinski definition) is 0. The Bertz CT molecular complexity index is 222. The van der Waals surface area contributed by atoms with Crippen molar-refractivity contribution < 1.29 is 9.53 Å². The van der Waals surface area contributed by atoms with Crippen molar-refractivity contribution >= 4 is 5.91 Å². The summed E-state index contributed by atoms with van der Waals surface area (Å²) in [5.74, 6) is 0.950. The van der Waals surface area contributed by atoms with E-state index in [-0.39, 0.29) is 12.0 Å². The van der Waals surface area contributed by atoms with Gasteiger partial charge >= 0.3 is 0 Å². The summed E-state index contributed by atoms with van der Waals surface area (Å²) in [5, 5.41) is 0. The molecule has 0 aromatic rings. The second-order valence-corrected chi connectivity index (χ2v) is 4.96. The van der Waals surface area contributed by atoms with Gasteiger partial charge in [-0.25, -0.2) is 0 Å². The van der Waals surface area contributed by atoms with Gasteiger partial charge in [0, 0.05) is 19.7 Å². The molecule has 3 heteroatoms. The van der Waals surface area contributed by atoms with Crippen LogP contribution in [0.15, 0.2) is 0 Å². The zero-order valence-electron chi connectivity index (χ0n) is 11.0. The van der Waals surface area contributed by atoms with Crippen LogP contribution in [0.25, 0.3) is 0 Å². The minimum atomic E-state index is -0.297. The van der Waals surface area contributed by atoms with Crippen molar-refractivity contribution in [3.05, 3.63) is 0 Å². The Morgan fingerprint density at radius 2 is 1.94 bits per heavy atom. The smallest absolute Gasteiger partial charge is 0.251 e. The van der Waals surface area contributed by atoms with Gasteiger partial charge in [-0.3, -0.25) is 4.79 Å². The van der Waals surface area contributed by atoms with Crippen LogP contribution in [0, 0.1) is 5.92 Å². The molecule has 0 aromatic carbocycles. The average Bonchev–Trinajstić information content (AvgIpc) is 2.28. The van der Waals surface area contributed by atoms with E-state index in [4.69, 9.17) is 4.74 Å². The fourth-order valence-corrected chi connectivity index (χ4v) is 2.42. The predicted octanol–water partition coefficient (Wildman–Crippen LogP) is 2.45. The van der Waals surface area contributed by atoms with Crippen LogP contribution >= 0.6 is 0 Å². The zero-order valence-corrected chi connectivity index (χ0v) is 11.0. The number of amides is 1. The van der Waals surface area contributed by atoms with Gasteiger partial charge in [0.1, 0.15) is 6.10 Å². The van der Waals surface area contributed by atoms with Crippen molar-refractivity contribution in [2.75, 3.05) is 13.7 Å². The molecule has 1 saturated carbocycles. The Morgan fingerprint density at radius 1 is 1.38 bits per heavy atom. The third-order valence-corrected chi connectivity index (χ3v) is 3.65. The summed E-state index contributed by atoms with van der Waals surface area (Å²) in [5.41, 5.74) is 0. The summed E-state index contributed by atoms with van der Waals surface area (Å²) in [6.45, 7) is 6.66. The van der Waals surface area contributed by atoms with E-state index < -0.39 is 0 Å². The van der Waals surface area contributed by atoms with E-state index in [0.717, 1.165) is 18.8 Å². The Hall–Kier alpha value is -0.570. The first kappa shape index (κ1) is 13.5. The van der Waals surface area contributed by atoms with Crippen molar-refractivity contribution in [1.82, 2.24) is 4.90 Å². The maximum atomic E-state index is 12.0. The maximum Gasteiger partial charge on any atom is 0.251 e. The Balaban J connectivity index is 2.44. The van der Waals surface area contributed by atoms with E-state index in [2.05, 4.69) is 6.92 Å². The summed E-state index contributed by atoms with van der Waals surface area (Å²) in [7, 11) is 1.92. The number of ether oxygens (including phenoxy) is 1. The molecule has 1 aliphatic carbocycles. The average molecular weight is 227 g/mol. The van der Waals surface area contributed by atoms with Crippen molar-refractivity contribution in [1.29, 1.82) is 0 Å². The van der Waals surface area contributed by atoms with Gasteiger partial charge in [0.05, 0.1) is 0 Å². The Morgan fingerprint density at radius 3 is 2.44 bits per heavy atom. The second-order valence-electron chi connectivity index (χ2n) is 4.96. The lowest BCUT2D eigenvalue weighted by atomic mass is 9.86. The minimum absolute atomic E-state index is 0.126. The highest BCUT2D eigenvalue weighted by Crippen LogP contribution is 2.26. The predicted molar refractivity (Wildman–Crippen MR) is 65.3 cm³/mol. The lowest BCUT2D eigenvalue weighted by Gasteiger charge is -2.34. The zero-order chi connectivity index (χ0) is 12.1. The molecule has 0 bridgehead atoms. The van der Waals surface area contributed by atoms with Gasteiger partial charge < -0.3 is 9.64 Å². The molecule has 1 aliphatic rings. The molecule has 3 nitrogen and oxygen atoms in total. The number of rotatable bonds is 4. The monoisotopic (exact) mass is 227 g/mol. The molecule has 1 atom stereocenters. The molecule has 0 spiro atoms. The normalized spacial score (nSPS) is 27.5. The van der Waals surface area contributed by atoms with E-state index in [0.29, 0.717) is 12.6 Å². The van der Waals surface area contributed by atoms with Crippen LogP contribution in [0.4, 0.5) is 0 Å². The molecule has 0 aliphatic heterocycles. The molecular weight excluding hydrogens is 202 g/mol. The third-order valence-electron chi connectivity index (χ3n) is 3.65. The number of hydrogen-bond acceptors (Lipinski definition) is 2. The lowest BCUT2D eigenvalue weighted by Crippen LogP contribution is -2.44. The molecule has 0 radical (unpaired) electrons. The fraction of sp³-hybridized carbons (Fsp3) is 0.923. The van der Waals surface area contributed by atoms with Crippen LogP contribution in [0.1, 0.15) is 46.5 Å². The van der Waals surface area contributed by atoms with Crippen LogP contribution in [0.3, 0.4) is 0 Å². The number of likely N-dealkylation sites (N-methyl/N-ethyl adjacent to an activating group) is 1.